The van der Waals surface area contributed by atoms with Gasteiger partial charge in [0, 0.05) is 25.7 Å². The van der Waals surface area contributed by atoms with Crippen molar-refractivity contribution >= 4 is 65.0 Å². The van der Waals surface area contributed by atoms with Crippen molar-refractivity contribution in [3.63, 3.8) is 0 Å². The van der Waals surface area contributed by atoms with Crippen molar-refractivity contribution in [1.82, 2.24) is 42.5 Å². The van der Waals surface area contributed by atoms with Gasteiger partial charge in [0.15, 0.2) is 0 Å². The Kier molecular flexibility index (Phi) is 27.8. The van der Waals surface area contributed by atoms with E-state index in [4.69, 9.17) is 17.2 Å². The number of amides is 10. The molecule has 464 valence electrons. The summed E-state index contributed by atoms with van der Waals surface area (Å²) >= 11 is 0. The second-order valence-corrected chi connectivity index (χ2v) is 22.2. The summed E-state index contributed by atoms with van der Waals surface area (Å²) in [5.41, 5.74) is 19.5. The number of hydrogen-bond donors (Lipinski definition) is 13. The van der Waals surface area contributed by atoms with Crippen LogP contribution in [0.5, 0.6) is 5.75 Å². The lowest BCUT2D eigenvalue weighted by molar-refractivity contribution is -0.143. The monoisotopic (exact) mass is 1190 g/mol. The van der Waals surface area contributed by atoms with Crippen molar-refractivity contribution in [3.05, 3.63) is 138 Å². The number of primary amides is 2. The molecule has 0 aliphatic carbocycles. The first-order chi connectivity index (χ1) is 40.7. The number of carboxylic acids is 1. The van der Waals surface area contributed by atoms with Gasteiger partial charge < -0.3 is 69.9 Å². The number of rotatable bonds is 35. The molecule has 4 aromatic carbocycles. The Hall–Kier alpha value is -9.19. The highest BCUT2D eigenvalue weighted by molar-refractivity contribution is 5.99. The van der Waals surface area contributed by atoms with Crippen LogP contribution in [0, 0.1) is 17.8 Å². The number of nitrogens with two attached hydrogens (primary N) is 3. The van der Waals surface area contributed by atoms with Gasteiger partial charge in [-0.25, -0.2) is 4.79 Å². The Morgan fingerprint density at radius 3 is 1.22 bits per heavy atom. The van der Waals surface area contributed by atoms with Crippen molar-refractivity contribution in [2.45, 2.75) is 154 Å². The standard InChI is InChI=1S/C62H83N11O13/c1-7-37(6)53(73-60(83)45(29-35(2)3)67-54(77)43(63)30-38-17-11-8-12-18-38)61(84)71-48(32-40-21-15-10-16-22-40)58(81)69-47(33-41-23-25-42(74)26-24-41)56(79)68-46(31-39-19-13-9-14-20-39)57(80)70-49(34-51(65)76)59(82)66-44(27-28-50(64)75)55(78)72-52(36(4)5)62(85)86/h8-26,35-37,43-49,52-53,74H,7,27-34,63H2,1-6H3,(H2,64,75)(H2,65,76)(H,66,82)(H,67,77)(H,68,79)(H,69,81)(H,70,80)(H,71,84)(H,72,78)(H,73,83)(H,85,86)/t37-,43-,44-,45-,46-,47-,48-,49-,52-,53-/m0/s1. The number of aromatic hydroxyl groups is 1. The van der Waals surface area contributed by atoms with E-state index in [0.29, 0.717) is 23.1 Å². The van der Waals surface area contributed by atoms with Crippen molar-refractivity contribution in [1.29, 1.82) is 0 Å². The maximum absolute atomic E-state index is 14.9. The number of carbonyl (C=O) groups is 11. The van der Waals surface area contributed by atoms with Gasteiger partial charge in [-0.2, -0.15) is 0 Å². The molecule has 0 aliphatic rings. The van der Waals surface area contributed by atoms with E-state index in [1.54, 1.807) is 67.6 Å². The number of benzene rings is 4. The lowest BCUT2D eigenvalue weighted by Gasteiger charge is -2.30. The van der Waals surface area contributed by atoms with Crippen LogP contribution >= 0.6 is 0 Å². The maximum Gasteiger partial charge on any atom is 0.326 e. The van der Waals surface area contributed by atoms with E-state index in [2.05, 4.69) is 42.5 Å². The highest BCUT2D eigenvalue weighted by Crippen LogP contribution is 2.16. The van der Waals surface area contributed by atoms with Crippen LogP contribution in [0.25, 0.3) is 0 Å². The number of hydrogen-bond acceptors (Lipinski definition) is 13. The zero-order chi connectivity index (χ0) is 63.6. The van der Waals surface area contributed by atoms with E-state index >= 15 is 0 Å². The molecule has 0 aliphatic heterocycles. The topological polar surface area (TPSA) is 403 Å². The molecule has 0 saturated carbocycles. The van der Waals surface area contributed by atoms with Gasteiger partial charge in [0.2, 0.25) is 59.1 Å². The average Bonchev–Trinajstić information content (AvgIpc) is 2.19. The van der Waals surface area contributed by atoms with Crippen LogP contribution < -0.4 is 59.7 Å². The number of carboxylic acid groups (broad SMARTS) is 1. The molecule has 0 aromatic heterocycles. The number of aliphatic carboxylic acids is 1. The minimum atomic E-state index is -1.82. The molecule has 16 N–H and O–H groups in total. The Morgan fingerprint density at radius 2 is 0.802 bits per heavy atom. The van der Waals surface area contributed by atoms with Crippen LogP contribution in [0.4, 0.5) is 0 Å². The smallest absolute Gasteiger partial charge is 0.326 e. The number of phenolic OH excluding ortho intramolecular Hbond substituents is 1. The summed E-state index contributed by atoms with van der Waals surface area (Å²) in [7, 11) is 0. The SMILES string of the molecule is CC[C@H](C)[C@H](NC(=O)[C@H](CC(C)C)NC(=O)[C@@H](N)Cc1ccccc1)C(=O)N[C@@H](Cc1ccccc1)C(=O)N[C@@H](Cc1ccc(O)cc1)C(=O)N[C@@H](Cc1ccccc1)C(=O)N[C@@H](CC(N)=O)C(=O)N[C@@H](CCC(N)=O)C(=O)N[C@H](C(=O)O)C(C)C. The molecule has 24 nitrogen and oxygen atoms in total. The fourth-order valence-electron chi connectivity index (χ4n) is 9.18. The number of phenols is 1. The zero-order valence-corrected chi connectivity index (χ0v) is 49.4. The maximum atomic E-state index is 14.9. The first-order valence-corrected chi connectivity index (χ1v) is 28.6. The molecular weight excluding hydrogens is 1110 g/mol. The Labute approximate surface area is 500 Å². The number of nitrogens with one attached hydrogen (secondary N) is 8. The zero-order valence-electron chi connectivity index (χ0n) is 49.4. The van der Waals surface area contributed by atoms with Crippen LogP contribution in [0.3, 0.4) is 0 Å². The van der Waals surface area contributed by atoms with E-state index in [0.717, 1.165) is 5.56 Å². The lowest BCUT2D eigenvalue weighted by atomic mass is 9.95. The summed E-state index contributed by atoms with van der Waals surface area (Å²) in [6.45, 7) is 10.3. The summed E-state index contributed by atoms with van der Waals surface area (Å²) in [5.74, 6) is -11.7. The highest BCUT2D eigenvalue weighted by Gasteiger charge is 2.37. The van der Waals surface area contributed by atoms with E-state index < -0.39 is 151 Å². The van der Waals surface area contributed by atoms with E-state index in [-0.39, 0.29) is 43.8 Å². The second-order valence-electron chi connectivity index (χ2n) is 22.2. The van der Waals surface area contributed by atoms with Gasteiger partial charge in [0.25, 0.3) is 0 Å². The molecule has 0 bridgehead atoms. The van der Waals surface area contributed by atoms with Crippen LogP contribution in [0.1, 0.15) is 95.9 Å². The molecule has 0 unspecified atom stereocenters. The normalized spacial score (nSPS) is 14.6. The van der Waals surface area contributed by atoms with Crippen LogP contribution in [0.2, 0.25) is 0 Å². The molecule has 0 fully saturated rings. The Bertz CT molecular complexity index is 2930. The predicted octanol–water partition coefficient (Wildman–Crippen LogP) is 0.842. The van der Waals surface area contributed by atoms with Gasteiger partial charge >= 0.3 is 5.97 Å². The molecule has 24 heteroatoms. The van der Waals surface area contributed by atoms with Crippen LogP contribution in [-0.2, 0) is 78.4 Å². The molecule has 86 heavy (non-hydrogen) atoms. The van der Waals surface area contributed by atoms with E-state index in [9.17, 15) is 63.0 Å². The van der Waals surface area contributed by atoms with Gasteiger partial charge in [-0.1, -0.05) is 151 Å². The van der Waals surface area contributed by atoms with E-state index in [1.807, 2.05) is 51.1 Å². The summed E-state index contributed by atoms with van der Waals surface area (Å²) < 4.78 is 0. The molecule has 10 amide bonds. The third-order valence-electron chi connectivity index (χ3n) is 14.2. The van der Waals surface area contributed by atoms with Crippen molar-refractivity contribution in [2.24, 2.45) is 35.0 Å². The first kappa shape index (κ1) is 69.3. The summed E-state index contributed by atoms with van der Waals surface area (Å²) in [6.07, 6.45) is -1.52. The fourth-order valence-corrected chi connectivity index (χ4v) is 9.18. The summed E-state index contributed by atoms with van der Waals surface area (Å²) in [5, 5.41) is 40.9. The van der Waals surface area contributed by atoms with Crippen molar-refractivity contribution in [3.8, 4) is 5.75 Å². The average molecular weight is 1190 g/mol. The first-order valence-electron chi connectivity index (χ1n) is 28.6. The van der Waals surface area contributed by atoms with Gasteiger partial charge in [-0.15, -0.1) is 0 Å². The third kappa shape index (κ3) is 23.5. The largest absolute Gasteiger partial charge is 0.508 e. The molecule has 0 radical (unpaired) electrons. The highest BCUT2D eigenvalue weighted by atomic mass is 16.4. The summed E-state index contributed by atoms with van der Waals surface area (Å²) in [4.78, 5) is 150. The Balaban J connectivity index is 1.69. The molecule has 0 saturated heterocycles. The Morgan fingerprint density at radius 1 is 0.430 bits per heavy atom. The van der Waals surface area contributed by atoms with Crippen molar-refractivity contribution < 1.29 is 63.0 Å². The van der Waals surface area contributed by atoms with Crippen molar-refractivity contribution in [2.75, 3.05) is 0 Å². The minimum Gasteiger partial charge on any atom is -0.508 e. The van der Waals surface area contributed by atoms with E-state index in [1.165, 1.54) is 38.1 Å². The predicted molar refractivity (Wildman–Crippen MR) is 319 cm³/mol. The summed E-state index contributed by atoms with van der Waals surface area (Å²) in [6, 6.07) is 19.1. The van der Waals surface area contributed by atoms with Gasteiger partial charge in [0.1, 0.15) is 54.1 Å². The molecule has 4 aromatic rings. The number of carbonyl (C=O) groups excluding carboxylic acids is 10. The quantitative estimate of drug-likeness (QED) is 0.0304. The van der Waals surface area contributed by atoms with Gasteiger partial charge in [0.05, 0.1) is 12.5 Å². The van der Waals surface area contributed by atoms with Gasteiger partial charge in [-0.05, 0) is 71.4 Å². The molecule has 4 rings (SSSR count). The fraction of sp³-hybridized carbons (Fsp3) is 0.435. The third-order valence-corrected chi connectivity index (χ3v) is 14.2. The minimum absolute atomic E-state index is 0.0840. The lowest BCUT2D eigenvalue weighted by Crippen LogP contribution is -2.62. The molecule has 0 spiro atoms. The molecular formula is C62H83N11O13. The van der Waals surface area contributed by atoms with Crippen LogP contribution in [-0.4, -0.2) is 130 Å². The molecule has 10 atom stereocenters. The molecule has 0 heterocycles. The van der Waals surface area contributed by atoms with Gasteiger partial charge in [-0.3, -0.25) is 47.9 Å². The van der Waals surface area contributed by atoms with Crippen LogP contribution in [0.15, 0.2) is 115 Å². The second kappa shape index (κ2) is 34.6.